The number of likely N-dealkylation sites (tertiary alicyclic amines) is 1. The maximum absolute atomic E-state index is 12.2. The number of benzene rings is 1. The smallest absolute Gasteiger partial charge is 0.410 e. The van der Waals surface area contributed by atoms with Crippen molar-refractivity contribution in [1.29, 1.82) is 0 Å². The van der Waals surface area contributed by atoms with Gasteiger partial charge in [0.1, 0.15) is 12.2 Å². The van der Waals surface area contributed by atoms with Gasteiger partial charge < -0.3 is 24.8 Å². The lowest BCUT2D eigenvalue weighted by Crippen LogP contribution is -2.54. The van der Waals surface area contributed by atoms with Gasteiger partial charge in [0, 0.05) is 13.1 Å². The van der Waals surface area contributed by atoms with Crippen LogP contribution in [0.4, 0.5) is 9.59 Å². The van der Waals surface area contributed by atoms with E-state index in [2.05, 4.69) is 5.32 Å². The van der Waals surface area contributed by atoms with Crippen molar-refractivity contribution >= 4 is 12.2 Å². The van der Waals surface area contributed by atoms with E-state index in [-0.39, 0.29) is 19.8 Å². The topological polar surface area (TPSA) is 88.1 Å². The highest BCUT2D eigenvalue weighted by molar-refractivity contribution is 5.71. The number of aliphatic hydroxyl groups is 1. The lowest BCUT2D eigenvalue weighted by Gasteiger charge is -2.30. The van der Waals surface area contributed by atoms with Gasteiger partial charge in [-0.2, -0.15) is 0 Å². The SMILES string of the molecule is CC(C)(C)OC(=O)N[C@]1(CO)CCN(C(=O)OCc2ccccc2)C1. The van der Waals surface area contributed by atoms with E-state index in [0.29, 0.717) is 13.0 Å². The fraction of sp³-hybridized carbons (Fsp3) is 0.556. The van der Waals surface area contributed by atoms with Gasteiger partial charge in [0.05, 0.1) is 12.1 Å². The Kier molecular flexibility index (Phi) is 5.89. The maximum Gasteiger partial charge on any atom is 0.410 e. The molecule has 1 aliphatic heterocycles. The van der Waals surface area contributed by atoms with Crippen molar-refractivity contribution in [2.45, 2.75) is 44.9 Å². The van der Waals surface area contributed by atoms with Crippen molar-refractivity contribution < 1.29 is 24.2 Å². The third kappa shape index (κ3) is 5.63. The molecule has 7 nitrogen and oxygen atoms in total. The average Bonchev–Trinajstić information content (AvgIpc) is 2.96. The minimum Gasteiger partial charge on any atom is -0.445 e. The second kappa shape index (κ2) is 7.74. The molecule has 1 aliphatic rings. The number of hydrogen-bond acceptors (Lipinski definition) is 5. The van der Waals surface area contributed by atoms with Gasteiger partial charge in [0.25, 0.3) is 0 Å². The predicted octanol–water partition coefficient (Wildman–Crippen LogP) is 2.28. The summed E-state index contributed by atoms with van der Waals surface area (Å²) in [5.41, 5.74) is -0.641. The van der Waals surface area contributed by atoms with Crippen LogP contribution in [-0.4, -0.2) is 53.0 Å². The fourth-order valence-electron chi connectivity index (χ4n) is 2.63. The van der Waals surface area contributed by atoms with E-state index in [4.69, 9.17) is 9.47 Å². The molecule has 1 fully saturated rings. The van der Waals surface area contributed by atoms with E-state index in [1.165, 1.54) is 4.90 Å². The van der Waals surface area contributed by atoms with Gasteiger partial charge in [-0.1, -0.05) is 30.3 Å². The molecule has 0 saturated carbocycles. The Morgan fingerprint density at radius 3 is 2.56 bits per heavy atom. The zero-order valence-corrected chi connectivity index (χ0v) is 14.9. The number of amides is 2. The summed E-state index contributed by atoms with van der Waals surface area (Å²) in [5.74, 6) is 0. The summed E-state index contributed by atoms with van der Waals surface area (Å²) in [6.45, 7) is 5.76. The molecular formula is C18H26N2O5. The van der Waals surface area contributed by atoms with Gasteiger partial charge in [0.15, 0.2) is 0 Å². The summed E-state index contributed by atoms with van der Waals surface area (Å²) in [6.07, 6.45) is -0.644. The molecule has 7 heteroatoms. The van der Waals surface area contributed by atoms with Gasteiger partial charge in [-0.3, -0.25) is 0 Å². The van der Waals surface area contributed by atoms with E-state index in [0.717, 1.165) is 5.56 Å². The highest BCUT2D eigenvalue weighted by Crippen LogP contribution is 2.23. The van der Waals surface area contributed by atoms with Crippen LogP contribution in [0.25, 0.3) is 0 Å². The molecule has 2 N–H and O–H groups in total. The third-order valence-electron chi connectivity index (χ3n) is 3.89. The van der Waals surface area contributed by atoms with Crippen LogP contribution in [0.1, 0.15) is 32.8 Å². The molecule has 1 aromatic rings. The van der Waals surface area contributed by atoms with E-state index >= 15 is 0 Å². The number of nitrogens with one attached hydrogen (secondary N) is 1. The molecule has 0 bridgehead atoms. The second-order valence-electron chi connectivity index (χ2n) is 7.28. The lowest BCUT2D eigenvalue weighted by molar-refractivity contribution is 0.0398. The first-order valence-electron chi connectivity index (χ1n) is 8.31. The van der Waals surface area contributed by atoms with Crippen LogP contribution in [-0.2, 0) is 16.1 Å². The highest BCUT2D eigenvalue weighted by atomic mass is 16.6. The largest absolute Gasteiger partial charge is 0.445 e. The van der Waals surface area contributed by atoms with Crippen LogP contribution in [0.2, 0.25) is 0 Å². The molecule has 0 unspecified atom stereocenters. The number of aliphatic hydroxyl groups excluding tert-OH is 1. The Morgan fingerprint density at radius 1 is 1.28 bits per heavy atom. The standard InChI is InChI=1S/C18H26N2O5/c1-17(2,3)25-15(22)19-18(13-21)9-10-20(12-18)16(23)24-11-14-7-5-4-6-8-14/h4-8,21H,9-13H2,1-3H3,(H,19,22)/t18-/m1/s1. The quantitative estimate of drug-likeness (QED) is 0.870. The van der Waals surface area contributed by atoms with E-state index in [9.17, 15) is 14.7 Å². The Hall–Kier alpha value is -2.28. The van der Waals surface area contributed by atoms with Crippen LogP contribution in [0.5, 0.6) is 0 Å². The Labute approximate surface area is 147 Å². The Balaban J connectivity index is 1.88. The molecule has 0 aromatic heterocycles. The van der Waals surface area contributed by atoms with Gasteiger partial charge in [-0.05, 0) is 32.8 Å². The number of nitrogens with zero attached hydrogens (tertiary/aromatic N) is 1. The van der Waals surface area contributed by atoms with Crippen LogP contribution in [0.15, 0.2) is 30.3 Å². The third-order valence-corrected chi connectivity index (χ3v) is 3.89. The van der Waals surface area contributed by atoms with E-state index in [1.54, 1.807) is 20.8 Å². The first kappa shape index (κ1) is 19.1. The minimum atomic E-state index is -0.909. The van der Waals surface area contributed by atoms with E-state index in [1.807, 2.05) is 30.3 Å². The fourth-order valence-corrected chi connectivity index (χ4v) is 2.63. The molecule has 25 heavy (non-hydrogen) atoms. The number of rotatable bonds is 4. The number of carbonyl (C=O) groups is 2. The Bertz CT molecular complexity index is 599. The minimum absolute atomic E-state index is 0.177. The van der Waals surface area contributed by atoms with Crippen molar-refractivity contribution in [1.82, 2.24) is 10.2 Å². The van der Waals surface area contributed by atoms with Crippen molar-refractivity contribution in [2.75, 3.05) is 19.7 Å². The van der Waals surface area contributed by atoms with E-state index < -0.39 is 23.3 Å². The summed E-state index contributed by atoms with van der Waals surface area (Å²) in [5, 5.41) is 12.4. The number of hydrogen-bond donors (Lipinski definition) is 2. The molecule has 0 spiro atoms. The maximum atomic E-state index is 12.2. The van der Waals surface area contributed by atoms with Crippen molar-refractivity contribution in [3.63, 3.8) is 0 Å². The van der Waals surface area contributed by atoms with Crippen LogP contribution >= 0.6 is 0 Å². The van der Waals surface area contributed by atoms with Crippen molar-refractivity contribution in [2.24, 2.45) is 0 Å². The summed E-state index contributed by atoms with van der Waals surface area (Å²) in [6, 6.07) is 9.39. The second-order valence-corrected chi connectivity index (χ2v) is 7.28. The predicted molar refractivity (Wildman–Crippen MR) is 92.0 cm³/mol. The zero-order valence-electron chi connectivity index (χ0n) is 14.9. The molecule has 1 saturated heterocycles. The first-order chi connectivity index (χ1) is 11.7. The molecule has 0 radical (unpaired) electrons. The number of alkyl carbamates (subject to hydrolysis) is 1. The highest BCUT2D eigenvalue weighted by Gasteiger charge is 2.42. The first-order valence-corrected chi connectivity index (χ1v) is 8.31. The summed E-state index contributed by atoms with van der Waals surface area (Å²) >= 11 is 0. The van der Waals surface area contributed by atoms with Gasteiger partial charge >= 0.3 is 12.2 Å². The van der Waals surface area contributed by atoms with Gasteiger partial charge in [-0.15, -0.1) is 0 Å². The molecule has 1 aromatic carbocycles. The monoisotopic (exact) mass is 350 g/mol. The molecule has 2 rings (SSSR count). The van der Waals surface area contributed by atoms with Crippen molar-refractivity contribution in [3.8, 4) is 0 Å². The number of carbonyl (C=O) groups excluding carboxylic acids is 2. The normalized spacial score (nSPS) is 20.2. The van der Waals surface area contributed by atoms with Crippen LogP contribution < -0.4 is 5.32 Å². The molecule has 138 valence electrons. The summed E-state index contributed by atoms with van der Waals surface area (Å²) in [4.78, 5) is 25.7. The molecule has 1 heterocycles. The molecule has 0 aliphatic carbocycles. The Morgan fingerprint density at radius 2 is 1.96 bits per heavy atom. The summed E-state index contributed by atoms with van der Waals surface area (Å²) < 4.78 is 10.5. The van der Waals surface area contributed by atoms with Crippen LogP contribution in [0.3, 0.4) is 0 Å². The zero-order chi connectivity index (χ0) is 18.5. The molecule has 1 atom stereocenters. The summed E-state index contributed by atoms with van der Waals surface area (Å²) in [7, 11) is 0. The van der Waals surface area contributed by atoms with Gasteiger partial charge in [0.2, 0.25) is 0 Å². The van der Waals surface area contributed by atoms with Crippen molar-refractivity contribution in [3.05, 3.63) is 35.9 Å². The average molecular weight is 350 g/mol. The molecular weight excluding hydrogens is 324 g/mol. The molecule has 2 amide bonds. The number of ether oxygens (including phenoxy) is 2. The van der Waals surface area contributed by atoms with Crippen LogP contribution in [0, 0.1) is 0 Å². The lowest BCUT2D eigenvalue weighted by atomic mass is 10.0. The van der Waals surface area contributed by atoms with Gasteiger partial charge in [-0.25, -0.2) is 9.59 Å².